The van der Waals surface area contributed by atoms with E-state index in [1.54, 1.807) is 36.3 Å². The number of hydrogen-bond acceptors (Lipinski definition) is 6. The molecule has 8 nitrogen and oxygen atoms in total. The maximum Gasteiger partial charge on any atom is 0.246 e. The van der Waals surface area contributed by atoms with Gasteiger partial charge in [-0.1, -0.05) is 23.7 Å². The monoisotopic (exact) mass is 471 g/mol. The number of hydrogen-bond donors (Lipinski definition) is 1. The topological polar surface area (TPSA) is 80.3 Å². The molecule has 0 spiro atoms. The second kappa shape index (κ2) is 10.6. The van der Waals surface area contributed by atoms with E-state index in [1.165, 1.54) is 0 Å². The highest BCUT2D eigenvalue weighted by Gasteiger charge is 2.22. The number of carbonyl (C=O) groups excluding carboxylic acids is 2. The number of piperazine rings is 1. The zero-order valence-electron chi connectivity index (χ0n) is 18.4. The molecule has 1 N–H and O–H groups in total. The smallest absolute Gasteiger partial charge is 0.246 e. The van der Waals surface area contributed by atoms with Crippen molar-refractivity contribution in [2.45, 2.75) is 0 Å². The zero-order chi connectivity index (χ0) is 23.2. The maximum atomic E-state index is 12.7. The van der Waals surface area contributed by atoms with Crippen LogP contribution in [0.5, 0.6) is 17.2 Å². The number of halogens is 1. The summed E-state index contributed by atoms with van der Waals surface area (Å²) in [6, 6.07) is 10.8. The van der Waals surface area contributed by atoms with Crippen LogP contribution in [0.3, 0.4) is 0 Å². The first kappa shape index (κ1) is 22.9. The van der Waals surface area contributed by atoms with Gasteiger partial charge in [0.2, 0.25) is 17.6 Å². The van der Waals surface area contributed by atoms with E-state index >= 15 is 0 Å². The van der Waals surface area contributed by atoms with Crippen LogP contribution in [0.1, 0.15) is 5.56 Å². The number of carbonyl (C=O) groups is 2. The molecule has 0 aromatic heterocycles. The number of fused-ring (bicyclic) bond motifs is 1. The Labute approximate surface area is 197 Å². The van der Waals surface area contributed by atoms with Gasteiger partial charge in [0.1, 0.15) is 13.2 Å². The molecule has 0 saturated carbocycles. The highest BCUT2D eigenvalue weighted by atomic mass is 35.5. The fraction of sp³-hybridized carbons (Fsp3) is 0.333. The van der Waals surface area contributed by atoms with Gasteiger partial charge < -0.3 is 24.4 Å². The average Bonchev–Trinajstić information content (AvgIpc) is 2.84. The number of rotatable bonds is 6. The Morgan fingerprint density at radius 1 is 1.12 bits per heavy atom. The van der Waals surface area contributed by atoms with Gasteiger partial charge in [0.05, 0.1) is 24.4 Å². The van der Waals surface area contributed by atoms with Crippen molar-refractivity contribution in [2.24, 2.45) is 0 Å². The summed E-state index contributed by atoms with van der Waals surface area (Å²) < 4.78 is 16.6. The number of benzene rings is 2. The minimum atomic E-state index is -0.129. The highest BCUT2D eigenvalue weighted by Crippen LogP contribution is 2.40. The lowest BCUT2D eigenvalue weighted by Crippen LogP contribution is -2.50. The van der Waals surface area contributed by atoms with Crippen molar-refractivity contribution in [3.63, 3.8) is 0 Å². The fourth-order valence-corrected chi connectivity index (χ4v) is 3.93. The predicted molar refractivity (Wildman–Crippen MR) is 126 cm³/mol. The Hall–Kier alpha value is -3.23. The number of nitrogens with one attached hydrogen (secondary N) is 1. The van der Waals surface area contributed by atoms with Crippen molar-refractivity contribution in [3.05, 3.63) is 53.1 Å². The zero-order valence-corrected chi connectivity index (χ0v) is 19.1. The Kier molecular flexibility index (Phi) is 7.36. The van der Waals surface area contributed by atoms with Crippen molar-refractivity contribution in [1.82, 2.24) is 9.80 Å². The maximum absolute atomic E-state index is 12.7. The van der Waals surface area contributed by atoms with Crippen molar-refractivity contribution >= 4 is 35.2 Å². The van der Waals surface area contributed by atoms with Gasteiger partial charge in [0.15, 0.2) is 11.5 Å². The Bertz CT molecular complexity index is 1030. The molecule has 2 heterocycles. The lowest BCUT2D eigenvalue weighted by atomic mass is 10.1. The lowest BCUT2D eigenvalue weighted by molar-refractivity contribution is -0.127. The lowest BCUT2D eigenvalue weighted by Gasteiger charge is -2.33. The normalized spacial score (nSPS) is 16.0. The van der Waals surface area contributed by atoms with Crippen molar-refractivity contribution < 1.29 is 23.8 Å². The van der Waals surface area contributed by atoms with Gasteiger partial charge in [-0.2, -0.15) is 0 Å². The van der Waals surface area contributed by atoms with E-state index < -0.39 is 0 Å². The molecule has 2 amide bonds. The molecular formula is C24H26ClN3O5. The van der Waals surface area contributed by atoms with Crippen molar-refractivity contribution in [1.29, 1.82) is 0 Å². The summed E-state index contributed by atoms with van der Waals surface area (Å²) in [7, 11) is 1.57. The second-order valence-corrected chi connectivity index (χ2v) is 8.12. The van der Waals surface area contributed by atoms with Crippen LogP contribution in [0.25, 0.3) is 6.08 Å². The quantitative estimate of drug-likeness (QED) is 0.652. The van der Waals surface area contributed by atoms with Crippen LogP contribution in [0.15, 0.2) is 42.5 Å². The standard InChI is InChI=1S/C24H26ClN3O5/c1-31-20-14-17(15-21-24(20)33-13-12-32-21)6-7-23(30)28-10-8-27(9-11-28)16-22(29)26-19-5-3-2-4-18(19)25/h2-7,14-15H,8-13,16H2,1H3,(H,26,29)/b7-6+. The first-order valence-corrected chi connectivity index (χ1v) is 11.1. The summed E-state index contributed by atoms with van der Waals surface area (Å²) in [5.41, 5.74) is 1.39. The number of amides is 2. The van der Waals surface area contributed by atoms with E-state index in [2.05, 4.69) is 5.32 Å². The number of ether oxygens (including phenoxy) is 3. The summed E-state index contributed by atoms with van der Waals surface area (Å²) in [5.74, 6) is 1.56. The van der Waals surface area contributed by atoms with Gasteiger partial charge >= 0.3 is 0 Å². The van der Waals surface area contributed by atoms with E-state index in [9.17, 15) is 9.59 Å². The van der Waals surface area contributed by atoms with E-state index in [1.807, 2.05) is 29.2 Å². The van der Waals surface area contributed by atoms with Crippen LogP contribution in [0, 0.1) is 0 Å². The Morgan fingerprint density at radius 2 is 1.88 bits per heavy atom. The number of nitrogens with zero attached hydrogens (tertiary/aromatic N) is 2. The molecule has 1 fully saturated rings. The molecule has 0 atom stereocenters. The Balaban J connectivity index is 1.28. The summed E-state index contributed by atoms with van der Waals surface area (Å²) >= 11 is 6.09. The molecule has 33 heavy (non-hydrogen) atoms. The third-order valence-electron chi connectivity index (χ3n) is 5.47. The number of methoxy groups -OCH3 is 1. The largest absolute Gasteiger partial charge is 0.493 e. The fourth-order valence-electron chi connectivity index (χ4n) is 3.74. The van der Waals surface area contributed by atoms with E-state index in [0.29, 0.717) is 67.4 Å². The number of anilines is 1. The highest BCUT2D eigenvalue weighted by molar-refractivity contribution is 6.33. The molecule has 0 bridgehead atoms. The molecule has 0 unspecified atom stereocenters. The first-order chi connectivity index (χ1) is 16.0. The Morgan fingerprint density at radius 3 is 2.64 bits per heavy atom. The minimum Gasteiger partial charge on any atom is -0.493 e. The van der Waals surface area contributed by atoms with Crippen LogP contribution in [-0.2, 0) is 9.59 Å². The molecule has 1 saturated heterocycles. The molecular weight excluding hydrogens is 446 g/mol. The molecule has 9 heteroatoms. The van der Waals surface area contributed by atoms with Crippen molar-refractivity contribution in [3.8, 4) is 17.2 Å². The molecule has 4 rings (SSSR count). The van der Waals surface area contributed by atoms with Gasteiger partial charge in [-0.3, -0.25) is 14.5 Å². The predicted octanol–water partition coefficient (Wildman–Crippen LogP) is 2.92. The molecule has 2 aliphatic heterocycles. The third kappa shape index (κ3) is 5.77. The molecule has 0 aliphatic carbocycles. The summed E-state index contributed by atoms with van der Waals surface area (Å²) in [4.78, 5) is 28.8. The SMILES string of the molecule is COc1cc(/C=C/C(=O)N2CCN(CC(=O)Nc3ccccc3Cl)CC2)cc2c1OCCO2. The van der Waals surface area contributed by atoms with Gasteiger partial charge in [-0.05, 0) is 35.9 Å². The van der Waals surface area contributed by atoms with Gasteiger partial charge in [0, 0.05) is 32.3 Å². The van der Waals surface area contributed by atoms with E-state index in [4.69, 9.17) is 25.8 Å². The number of para-hydroxylation sites is 1. The van der Waals surface area contributed by atoms with Crippen LogP contribution in [0.2, 0.25) is 5.02 Å². The second-order valence-electron chi connectivity index (χ2n) is 7.71. The molecule has 2 aromatic carbocycles. The van der Waals surface area contributed by atoms with Crippen LogP contribution in [0.4, 0.5) is 5.69 Å². The van der Waals surface area contributed by atoms with Gasteiger partial charge in [0.25, 0.3) is 0 Å². The minimum absolute atomic E-state index is 0.0796. The average molecular weight is 472 g/mol. The van der Waals surface area contributed by atoms with Crippen LogP contribution < -0.4 is 19.5 Å². The van der Waals surface area contributed by atoms with Crippen molar-refractivity contribution in [2.75, 3.05) is 58.4 Å². The van der Waals surface area contributed by atoms with Gasteiger partial charge in [-0.25, -0.2) is 0 Å². The first-order valence-electron chi connectivity index (χ1n) is 10.7. The molecule has 2 aliphatic rings. The molecule has 174 valence electrons. The summed E-state index contributed by atoms with van der Waals surface area (Å²) in [6.45, 7) is 3.54. The van der Waals surface area contributed by atoms with Gasteiger partial charge in [-0.15, -0.1) is 0 Å². The third-order valence-corrected chi connectivity index (χ3v) is 5.80. The van der Waals surface area contributed by atoms with E-state index in [0.717, 1.165) is 5.56 Å². The van der Waals surface area contributed by atoms with Crippen LogP contribution in [-0.4, -0.2) is 74.7 Å². The van der Waals surface area contributed by atoms with E-state index in [-0.39, 0.29) is 18.4 Å². The summed E-state index contributed by atoms with van der Waals surface area (Å²) in [6.07, 6.45) is 3.29. The molecule has 0 radical (unpaired) electrons. The van der Waals surface area contributed by atoms with Crippen LogP contribution >= 0.6 is 11.6 Å². The molecule has 2 aromatic rings. The summed E-state index contributed by atoms with van der Waals surface area (Å²) in [5, 5.41) is 3.33.